The molecule has 11 heteroatoms. The van der Waals surface area contributed by atoms with Crippen LogP contribution in [0.1, 0.15) is 31.6 Å². The Balaban J connectivity index is 2.33. The molecule has 0 bridgehead atoms. The first kappa shape index (κ1) is 19.7. The SMILES string of the molecule is CCOC(=O)CCn1c(=O)c(C)cn(C2CC(N=[N+]=[N-])C(CO)O2)c1=O. The van der Waals surface area contributed by atoms with Gasteiger partial charge >= 0.3 is 11.7 Å². The summed E-state index contributed by atoms with van der Waals surface area (Å²) in [5.41, 5.74) is 7.75. The fraction of sp³-hybridized carbons (Fsp3) is 0.667. The van der Waals surface area contributed by atoms with Gasteiger partial charge in [0.05, 0.1) is 31.8 Å². The van der Waals surface area contributed by atoms with Crippen molar-refractivity contribution < 1.29 is 19.4 Å². The molecule has 0 aliphatic carbocycles. The smallest absolute Gasteiger partial charge is 0.333 e. The van der Waals surface area contributed by atoms with Gasteiger partial charge in [-0.3, -0.25) is 18.7 Å². The Morgan fingerprint density at radius 2 is 2.27 bits per heavy atom. The summed E-state index contributed by atoms with van der Waals surface area (Å²) in [6.07, 6.45) is -0.0850. The number of aliphatic hydroxyl groups is 1. The maximum absolute atomic E-state index is 12.7. The number of ether oxygens (including phenoxy) is 2. The number of carbonyl (C=O) groups is 1. The number of hydrogen-bond acceptors (Lipinski definition) is 7. The van der Waals surface area contributed by atoms with Gasteiger partial charge in [-0.1, -0.05) is 5.11 Å². The lowest BCUT2D eigenvalue weighted by Crippen LogP contribution is -2.42. The predicted octanol–water partition coefficient (Wildman–Crippen LogP) is 0.230. The lowest BCUT2D eigenvalue weighted by Gasteiger charge is -2.17. The van der Waals surface area contributed by atoms with Crippen molar-refractivity contribution in [1.82, 2.24) is 9.13 Å². The fourth-order valence-electron chi connectivity index (χ4n) is 2.84. The van der Waals surface area contributed by atoms with Crippen LogP contribution in [0, 0.1) is 6.92 Å². The van der Waals surface area contributed by atoms with Crippen molar-refractivity contribution in [3.05, 3.63) is 43.0 Å². The second kappa shape index (κ2) is 8.65. The Kier molecular flexibility index (Phi) is 6.56. The van der Waals surface area contributed by atoms with Crippen LogP contribution in [0.4, 0.5) is 0 Å². The van der Waals surface area contributed by atoms with Gasteiger partial charge in [-0.05, 0) is 19.4 Å². The molecule has 3 atom stereocenters. The first-order valence-corrected chi connectivity index (χ1v) is 8.21. The zero-order valence-corrected chi connectivity index (χ0v) is 14.6. The van der Waals surface area contributed by atoms with E-state index in [1.807, 2.05) is 0 Å². The number of nitrogens with zero attached hydrogens (tertiary/aromatic N) is 5. The molecule has 2 rings (SSSR count). The maximum Gasteiger partial charge on any atom is 0.333 e. The number of rotatable bonds is 7. The molecule has 0 amide bonds. The van der Waals surface area contributed by atoms with E-state index >= 15 is 0 Å². The predicted molar refractivity (Wildman–Crippen MR) is 89.5 cm³/mol. The zero-order valence-electron chi connectivity index (χ0n) is 14.6. The largest absolute Gasteiger partial charge is 0.466 e. The molecule has 1 N–H and O–H groups in total. The first-order chi connectivity index (χ1) is 12.4. The molecule has 1 aromatic heterocycles. The minimum absolute atomic E-state index is 0.113. The van der Waals surface area contributed by atoms with E-state index in [-0.39, 0.29) is 32.6 Å². The highest BCUT2D eigenvalue weighted by molar-refractivity contribution is 5.69. The molecular formula is C15H21N5O6. The number of azide groups is 1. The third-order valence-electron chi connectivity index (χ3n) is 4.11. The average Bonchev–Trinajstić information content (AvgIpc) is 3.01. The van der Waals surface area contributed by atoms with E-state index in [4.69, 9.17) is 15.0 Å². The van der Waals surface area contributed by atoms with Gasteiger partial charge in [-0.2, -0.15) is 0 Å². The summed E-state index contributed by atoms with van der Waals surface area (Å²) in [5.74, 6) is -0.507. The number of esters is 1. The van der Waals surface area contributed by atoms with Crippen molar-refractivity contribution in [3.63, 3.8) is 0 Å². The third kappa shape index (κ3) is 4.13. The standard InChI is InChI=1S/C15H21N5O6/c1-3-25-13(22)4-5-19-14(23)9(2)7-20(15(19)24)12-6-10(17-18-16)11(8-21)26-12/h7,10-12,21H,3-6,8H2,1-2H3. The van der Waals surface area contributed by atoms with Crippen LogP contribution in [0.3, 0.4) is 0 Å². The zero-order chi connectivity index (χ0) is 19.3. The Bertz CT molecular complexity index is 825. The number of carbonyl (C=O) groups excluding carboxylic acids is 1. The number of hydrogen-bond donors (Lipinski definition) is 1. The van der Waals surface area contributed by atoms with Crippen molar-refractivity contribution >= 4 is 5.97 Å². The van der Waals surface area contributed by atoms with Gasteiger partial charge in [0.25, 0.3) is 5.56 Å². The fourth-order valence-corrected chi connectivity index (χ4v) is 2.84. The summed E-state index contributed by atoms with van der Waals surface area (Å²) in [7, 11) is 0. The Morgan fingerprint density at radius 3 is 2.88 bits per heavy atom. The molecule has 1 saturated heterocycles. The molecule has 142 valence electrons. The van der Waals surface area contributed by atoms with Crippen molar-refractivity contribution in [1.29, 1.82) is 0 Å². The average molecular weight is 367 g/mol. The Hall–Kier alpha value is -2.62. The van der Waals surface area contributed by atoms with Crippen LogP contribution in [0.5, 0.6) is 0 Å². The van der Waals surface area contributed by atoms with Gasteiger partial charge in [-0.25, -0.2) is 4.79 Å². The normalized spacial score (nSPS) is 22.0. The molecule has 2 heterocycles. The summed E-state index contributed by atoms with van der Waals surface area (Å²) in [5, 5.41) is 12.9. The number of aryl methyl sites for hydroxylation is 1. The molecule has 0 saturated carbocycles. The van der Waals surface area contributed by atoms with Gasteiger partial charge < -0.3 is 14.6 Å². The van der Waals surface area contributed by atoms with Gasteiger partial charge in [0.2, 0.25) is 0 Å². The maximum atomic E-state index is 12.7. The topological polar surface area (TPSA) is 149 Å². The van der Waals surface area contributed by atoms with Crippen molar-refractivity contribution in [2.75, 3.05) is 13.2 Å². The van der Waals surface area contributed by atoms with Crippen LogP contribution in [-0.4, -0.2) is 45.6 Å². The van der Waals surface area contributed by atoms with Gasteiger partial charge in [0.1, 0.15) is 6.23 Å². The first-order valence-electron chi connectivity index (χ1n) is 8.21. The van der Waals surface area contributed by atoms with Crippen LogP contribution < -0.4 is 11.2 Å². The van der Waals surface area contributed by atoms with E-state index < -0.39 is 35.6 Å². The minimum atomic E-state index is -0.789. The van der Waals surface area contributed by atoms with Gasteiger partial charge in [-0.15, -0.1) is 0 Å². The molecule has 26 heavy (non-hydrogen) atoms. The molecule has 1 aliphatic rings. The van der Waals surface area contributed by atoms with E-state index in [1.165, 1.54) is 10.8 Å². The lowest BCUT2D eigenvalue weighted by atomic mass is 10.1. The molecule has 0 spiro atoms. The summed E-state index contributed by atoms with van der Waals surface area (Å²) >= 11 is 0. The van der Waals surface area contributed by atoms with E-state index in [2.05, 4.69) is 10.0 Å². The molecule has 1 fully saturated rings. The highest BCUT2D eigenvalue weighted by Gasteiger charge is 2.36. The van der Waals surface area contributed by atoms with Crippen LogP contribution in [0.2, 0.25) is 0 Å². The van der Waals surface area contributed by atoms with Crippen LogP contribution in [0.15, 0.2) is 20.9 Å². The Labute approximate surface area is 148 Å². The third-order valence-corrected chi connectivity index (χ3v) is 4.11. The second-order valence-electron chi connectivity index (χ2n) is 5.83. The molecule has 11 nitrogen and oxygen atoms in total. The molecule has 0 radical (unpaired) electrons. The molecule has 3 unspecified atom stereocenters. The quantitative estimate of drug-likeness (QED) is 0.315. The number of aromatic nitrogens is 2. The highest BCUT2D eigenvalue weighted by Crippen LogP contribution is 2.29. The monoisotopic (exact) mass is 367 g/mol. The Morgan fingerprint density at radius 1 is 1.54 bits per heavy atom. The molecule has 1 aliphatic heterocycles. The van der Waals surface area contributed by atoms with Crippen LogP contribution in [0.25, 0.3) is 10.4 Å². The highest BCUT2D eigenvalue weighted by atomic mass is 16.5. The summed E-state index contributed by atoms with van der Waals surface area (Å²) < 4.78 is 12.6. The lowest BCUT2D eigenvalue weighted by molar-refractivity contribution is -0.143. The van der Waals surface area contributed by atoms with Crippen LogP contribution in [-0.2, 0) is 20.8 Å². The van der Waals surface area contributed by atoms with Crippen molar-refractivity contribution in [3.8, 4) is 0 Å². The van der Waals surface area contributed by atoms with Crippen molar-refractivity contribution in [2.24, 2.45) is 5.11 Å². The number of aliphatic hydroxyl groups excluding tert-OH is 1. The second-order valence-corrected chi connectivity index (χ2v) is 5.83. The molecule has 1 aromatic rings. The van der Waals surface area contributed by atoms with Crippen molar-refractivity contribution in [2.45, 2.75) is 51.6 Å². The molecule has 0 aromatic carbocycles. The molecular weight excluding hydrogens is 346 g/mol. The summed E-state index contributed by atoms with van der Waals surface area (Å²) in [6.45, 7) is 2.94. The van der Waals surface area contributed by atoms with Crippen LogP contribution >= 0.6 is 0 Å². The minimum Gasteiger partial charge on any atom is -0.466 e. The van der Waals surface area contributed by atoms with E-state index in [0.717, 1.165) is 4.57 Å². The van der Waals surface area contributed by atoms with E-state index in [0.29, 0.717) is 5.56 Å². The van der Waals surface area contributed by atoms with Gasteiger partial charge in [0, 0.05) is 29.6 Å². The summed E-state index contributed by atoms with van der Waals surface area (Å²) in [6, 6.07) is -0.623. The summed E-state index contributed by atoms with van der Waals surface area (Å²) in [4.78, 5) is 39.2. The van der Waals surface area contributed by atoms with Gasteiger partial charge in [0.15, 0.2) is 0 Å². The van der Waals surface area contributed by atoms with E-state index in [9.17, 15) is 19.5 Å². The van der Waals surface area contributed by atoms with E-state index in [1.54, 1.807) is 13.8 Å².